The van der Waals surface area contributed by atoms with Crippen LogP contribution in [0, 0.1) is 0 Å². The van der Waals surface area contributed by atoms with Crippen LogP contribution in [0.4, 0.5) is 0 Å². The van der Waals surface area contributed by atoms with Crippen molar-refractivity contribution in [3.05, 3.63) is 41.5 Å². The summed E-state index contributed by atoms with van der Waals surface area (Å²) in [6.07, 6.45) is 6.28. The summed E-state index contributed by atoms with van der Waals surface area (Å²) >= 11 is 0. The zero-order chi connectivity index (χ0) is 9.60. The van der Waals surface area contributed by atoms with Crippen molar-refractivity contribution in [2.45, 2.75) is 30.6 Å². The Morgan fingerprint density at radius 3 is 2.67 bits per heavy atom. The first-order valence-corrected chi connectivity index (χ1v) is 8.56. The van der Waals surface area contributed by atoms with E-state index in [-0.39, 0.29) is 20.3 Å². The molecule has 0 aromatic heterocycles. The molecule has 1 aromatic carbocycles. The molecular weight excluding hydrogens is 191 g/mol. The zero-order valence-electron chi connectivity index (χ0n) is 10.7. The first-order chi connectivity index (χ1) is 6.80. The van der Waals surface area contributed by atoms with Gasteiger partial charge in [0.25, 0.3) is 0 Å². The zero-order valence-corrected chi connectivity index (χ0v) is 10.7. The summed E-state index contributed by atoms with van der Waals surface area (Å²) in [6.45, 7) is 2.58. The third kappa shape index (κ3) is 1.67. The van der Waals surface area contributed by atoms with Gasteiger partial charge >= 0.3 is 18.9 Å². The van der Waals surface area contributed by atoms with E-state index in [0.717, 1.165) is 5.54 Å². The van der Waals surface area contributed by atoms with Gasteiger partial charge in [0.05, 0.1) is 8.07 Å². The third-order valence-electron chi connectivity index (χ3n) is 4.05. The predicted octanol–water partition coefficient (Wildman–Crippen LogP) is 0.935. The van der Waals surface area contributed by atoms with Crippen LogP contribution in [-0.2, 0) is 0 Å². The summed E-state index contributed by atoms with van der Waals surface area (Å²) in [5.41, 5.74) is 3.91. The van der Waals surface area contributed by atoms with Gasteiger partial charge in [-0.25, -0.2) is 0 Å². The average Bonchev–Trinajstić information content (AvgIpc) is 2.58. The minimum absolute atomic E-state index is 0. The molecule has 2 aliphatic rings. The molecule has 15 heavy (non-hydrogen) atoms. The van der Waals surface area contributed by atoms with Crippen LogP contribution < -0.4 is 18.9 Å². The first kappa shape index (κ1) is 11.3. The molecule has 0 bridgehead atoms. The number of allylic oxidation sites excluding steroid dienone is 1. The van der Waals surface area contributed by atoms with Crippen molar-refractivity contribution in [3.8, 4) is 0 Å². The van der Waals surface area contributed by atoms with Gasteiger partial charge in [0.15, 0.2) is 0 Å². The van der Waals surface area contributed by atoms with Gasteiger partial charge < -0.3 is 1.43 Å². The minimum Gasteiger partial charge on any atom is -1.00 e. The molecule has 0 amide bonds. The molecule has 0 nitrogen and oxygen atoms in total. The Kier molecular flexibility index (Phi) is 2.99. The van der Waals surface area contributed by atoms with Gasteiger partial charge in [0.2, 0.25) is 0 Å². The summed E-state index contributed by atoms with van der Waals surface area (Å²) in [5.74, 6) is 0. The van der Waals surface area contributed by atoms with Crippen molar-refractivity contribution in [2.24, 2.45) is 0 Å². The minimum atomic E-state index is -0.902. The van der Waals surface area contributed by atoms with Crippen LogP contribution in [-0.4, -0.2) is 8.07 Å². The van der Waals surface area contributed by atoms with Gasteiger partial charge in [-0.3, -0.25) is 0 Å². The SMILES string of the molecule is C[Si]1(C2C=Cc3ccccc32)CCC1.[H-].[Li+]. The Morgan fingerprint density at radius 1 is 1.27 bits per heavy atom. The van der Waals surface area contributed by atoms with Crippen LogP contribution in [0.5, 0.6) is 0 Å². The number of fused-ring (bicyclic) bond motifs is 1. The smallest absolute Gasteiger partial charge is 1.00 e. The van der Waals surface area contributed by atoms with Crippen molar-refractivity contribution in [1.29, 1.82) is 0 Å². The molecule has 0 spiro atoms. The molecule has 0 N–H and O–H groups in total. The van der Waals surface area contributed by atoms with Gasteiger partial charge in [-0.1, -0.05) is 61.5 Å². The largest absolute Gasteiger partial charge is 1.00 e. The maximum absolute atomic E-state index is 2.58. The molecular formula is C13H17LiSi. The van der Waals surface area contributed by atoms with Crippen LogP contribution in [0.25, 0.3) is 6.08 Å². The maximum Gasteiger partial charge on any atom is 1.00 e. The fourth-order valence-electron chi connectivity index (χ4n) is 2.90. The van der Waals surface area contributed by atoms with Crippen molar-refractivity contribution >= 4 is 14.1 Å². The van der Waals surface area contributed by atoms with Gasteiger partial charge in [-0.05, 0) is 16.7 Å². The summed E-state index contributed by atoms with van der Waals surface area (Å²) in [6, 6.07) is 12.0. The van der Waals surface area contributed by atoms with Crippen LogP contribution in [0.15, 0.2) is 30.3 Å². The molecule has 1 aliphatic carbocycles. The van der Waals surface area contributed by atoms with E-state index >= 15 is 0 Å². The van der Waals surface area contributed by atoms with E-state index in [9.17, 15) is 0 Å². The fraction of sp³-hybridized carbons (Fsp3) is 0.385. The molecule has 1 saturated heterocycles. The van der Waals surface area contributed by atoms with Crippen molar-refractivity contribution in [3.63, 3.8) is 0 Å². The second-order valence-corrected chi connectivity index (χ2v) is 9.90. The number of rotatable bonds is 1. The Labute approximate surface area is 106 Å². The molecule has 1 aromatic rings. The van der Waals surface area contributed by atoms with Gasteiger partial charge in [0, 0.05) is 0 Å². The van der Waals surface area contributed by atoms with E-state index in [4.69, 9.17) is 0 Å². The monoisotopic (exact) mass is 208 g/mol. The molecule has 3 rings (SSSR count). The molecule has 1 aliphatic heterocycles. The third-order valence-corrected chi connectivity index (χ3v) is 9.04. The Hall–Kier alpha value is -0.226. The quantitative estimate of drug-likeness (QED) is 0.602. The van der Waals surface area contributed by atoms with Crippen molar-refractivity contribution < 1.29 is 20.3 Å². The summed E-state index contributed by atoms with van der Waals surface area (Å²) in [7, 11) is -0.902. The first-order valence-electron chi connectivity index (χ1n) is 5.57. The van der Waals surface area contributed by atoms with E-state index < -0.39 is 8.07 Å². The second-order valence-electron chi connectivity index (χ2n) is 4.97. The molecule has 1 heterocycles. The predicted molar refractivity (Wildman–Crippen MR) is 65.2 cm³/mol. The average molecular weight is 208 g/mol. The van der Waals surface area contributed by atoms with E-state index in [1.54, 1.807) is 5.56 Å². The summed E-state index contributed by atoms with van der Waals surface area (Å²) in [4.78, 5) is 0. The van der Waals surface area contributed by atoms with E-state index in [1.165, 1.54) is 24.1 Å². The van der Waals surface area contributed by atoms with Crippen LogP contribution in [0.2, 0.25) is 18.6 Å². The van der Waals surface area contributed by atoms with Crippen LogP contribution in [0.3, 0.4) is 0 Å². The molecule has 1 fully saturated rings. The topological polar surface area (TPSA) is 0 Å². The number of benzene rings is 1. The number of hydrogen-bond acceptors (Lipinski definition) is 0. The van der Waals surface area contributed by atoms with E-state index in [2.05, 4.69) is 43.0 Å². The van der Waals surface area contributed by atoms with Crippen molar-refractivity contribution in [2.75, 3.05) is 0 Å². The van der Waals surface area contributed by atoms with Crippen molar-refractivity contribution in [1.82, 2.24) is 0 Å². The van der Waals surface area contributed by atoms with Gasteiger partial charge in [0.1, 0.15) is 0 Å². The molecule has 0 saturated carbocycles. The molecule has 1 unspecified atom stereocenters. The molecule has 0 radical (unpaired) electrons. The van der Waals surface area contributed by atoms with Crippen LogP contribution in [0.1, 0.15) is 24.5 Å². The molecule has 74 valence electrons. The molecule has 1 atom stereocenters. The van der Waals surface area contributed by atoms with E-state index in [1.807, 2.05) is 0 Å². The van der Waals surface area contributed by atoms with Gasteiger partial charge in [-0.15, -0.1) is 0 Å². The Balaban J connectivity index is 0.000000640. The fourth-order valence-corrected chi connectivity index (χ4v) is 6.57. The van der Waals surface area contributed by atoms with Crippen LogP contribution >= 0.6 is 0 Å². The Morgan fingerprint density at radius 2 is 2.00 bits per heavy atom. The normalized spacial score (nSPS) is 25.3. The molecule has 2 heteroatoms. The Bertz CT molecular complexity index is 399. The van der Waals surface area contributed by atoms with Gasteiger partial charge in [-0.2, -0.15) is 0 Å². The number of hydrogen-bond donors (Lipinski definition) is 0. The standard InChI is InChI=1S/C13H16Si.Li.H/c1-14(9-4-10-14)13-8-7-11-5-2-3-6-12(11)13;;/h2-3,5-8,13H,4,9-10H2,1H3;;/q;+1;-1. The summed E-state index contributed by atoms with van der Waals surface area (Å²) < 4.78 is 0. The van der Waals surface area contributed by atoms with E-state index in [0.29, 0.717) is 0 Å². The second kappa shape index (κ2) is 3.98. The maximum atomic E-state index is 2.58. The summed E-state index contributed by atoms with van der Waals surface area (Å²) in [5, 5.41) is 0.